The summed E-state index contributed by atoms with van der Waals surface area (Å²) in [6.45, 7) is 3.63. The average Bonchev–Trinajstić information content (AvgIpc) is 3.07. The van der Waals surface area contributed by atoms with Gasteiger partial charge in [-0.1, -0.05) is 24.6 Å². The lowest BCUT2D eigenvalue weighted by Crippen LogP contribution is -2.21. The maximum Gasteiger partial charge on any atom is 0.309 e. The second-order valence-electron chi connectivity index (χ2n) is 4.96. The lowest BCUT2D eigenvalue weighted by atomic mass is 10.2. The number of carbonyl (C=O) groups is 2. The van der Waals surface area contributed by atoms with Crippen LogP contribution in [0.3, 0.4) is 0 Å². The predicted molar refractivity (Wildman–Crippen MR) is 73.0 cm³/mol. The van der Waals surface area contributed by atoms with Crippen molar-refractivity contribution in [2.45, 2.75) is 20.3 Å². The minimum atomic E-state index is -0.382. The monoisotopic (exact) mass is 281 g/mol. The Morgan fingerprint density at radius 2 is 2.16 bits per heavy atom. The second-order valence-corrected chi connectivity index (χ2v) is 5.37. The van der Waals surface area contributed by atoms with Crippen LogP contribution < -0.4 is 5.32 Å². The molecule has 0 spiro atoms. The normalized spacial score (nSPS) is 20.8. The van der Waals surface area contributed by atoms with Crippen LogP contribution in [-0.2, 0) is 14.3 Å². The summed E-state index contributed by atoms with van der Waals surface area (Å²) >= 11 is 5.99. The number of anilines is 1. The molecule has 1 aromatic carbocycles. The van der Waals surface area contributed by atoms with Crippen molar-refractivity contribution in [1.82, 2.24) is 0 Å². The van der Waals surface area contributed by atoms with Crippen molar-refractivity contribution in [2.75, 3.05) is 11.9 Å². The highest BCUT2D eigenvalue weighted by Gasteiger charge is 2.40. The van der Waals surface area contributed by atoms with E-state index in [1.165, 1.54) is 0 Å². The zero-order valence-corrected chi connectivity index (χ0v) is 11.7. The van der Waals surface area contributed by atoms with Crippen LogP contribution in [0, 0.1) is 18.8 Å². The molecule has 4 nitrogen and oxygen atoms in total. The Kier molecular flexibility index (Phi) is 4.10. The van der Waals surface area contributed by atoms with Gasteiger partial charge >= 0.3 is 5.97 Å². The van der Waals surface area contributed by atoms with Gasteiger partial charge in [0.05, 0.1) is 16.6 Å². The van der Waals surface area contributed by atoms with Crippen molar-refractivity contribution >= 4 is 29.2 Å². The smallest absolute Gasteiger partial charge is 0.309 e. The molecule has 1 aromatic rings. The van der Waals surface area contributed by atoms with Crippen molar-refractivity contribution in [3.63, 3.8) is 0 Å². The lowest BCUT2D eigenvalue weighted by molar-refractivity contribution is -0.148. The Morgan fingerprint density at radius 1 is 1.47 bits per heavy atom. The molecule has 19 heavy (non-hydrogen) atoms. The van der Waals surface area contributed by atoms with Crippen molar-refractivity contribution in [3.05, 3.63) is 28.8 Å². The van der Waals surface area contributed by atoms with Crippen LogP contribution in [0.4, 0.5) is 5.69 Å². The molecular weight excluding hydrogens is 266 g/mol. The molecule has 0 heterocycles. The number of hydrogen-bond acceptors (Lipinski definition) is 3. The summed E-state index contributed by atoms with van der Waals surface area (Å²) in [6, 6.07) is 5.33. The van der Waals surface area contributed by atoms with Crippen LogP contribution in [0.2, 0.25) is 5.02 Å². The maximum absolute atomic E-state index is 11.6. The van der Waals surface area contributed by atoms with Crippen molar-refractivity contribution in [2.24, 2.45) is 11.8 Å². The molecule has 0 saturated heterocycles. The van der Waals surface area contributed by atoms with E-state index in [4.69, 9.17) is 16.3 Å². The number of amides is 1. The molecular formula is C14H16ClNO3. The maximum atomic E-state index is 11.6. The predicted octanol–water partition coefficient (Wildman–Crippen LogP) is 2.79. The van der Waals surface area contributed by atoms with Gasteiger partial charge in [-0.2, -0.15) is 0 Å². The van der Waals surface area contributed by atoms with E-state index in [9.17, 15) is 9.59 Å². The lowest BCUT2D eigenvalue weighted by Gasteiger charge is -2.08. The first-order valence-corrected chi connectivity index (χ1v) is 6.58. The highest BCUT2D eigenvalue weighted by atomic mass is 35.5. The quantitative estimate of drug-likeness (QED) is 0.864. The highest BCUT2D eigenvalue weighted by molar-refractivity contribution is 6.33. The van der Waals surface area contributed by atoms with Gasteiger partial charge in [-0.3, -0.25) is 9.59 Å². The molecule has 1 N–H and O–H groups in total. The molecule has 102 valence electrons. The molecule has 1 aliphatic rings. The van der Waals surface area contributed by atoms with Crippen molar-refractivity contribution in [3.8, 4) is 0 Å². The number of aryl methyl sites for hydroxylation is 1. The van der Waals surface area contributed by atoms with Crippen molar-refractivity contribution in [1.29, 1.82) is 0 Å². The fourth-order valence-corrected chi connectivity index (χ4v) is 2.08. The Morgan fingerprint density at radius 3 is 2.74 bits per heavy atom. The third-order valence-electron chi connectivity index (χ3n) is 3.16. The molecule has 1 amide bonds. The second kappa shape index (κ2) is 5.61. The van der Waals surface area contributed by atoms with Crippen LogP contribution >= 0.6 is 11.6 Å². The number of benzene rings is 1. The average molecular weight is 282 g/mol. The molecule has 0 aliphatic heterocycles. The third-order valence-corrected chi connectivity index (χ3v) is 3.47. The molecule has 1 saturated carbocycles. The first-order chi connectivity index (χ1) is 8.97. The number of carbonyl (C=O) groups excluding carboxylic acids is 2. The summed E-state index contributed by atoms with van der Waals surface area (Å²) in [5.74, 6) is -0.331. The zero-order valence-electron chi connectivity index (χ0n) is 10.9. The summed E-state index contributed by atoms with van der Waals surface area (Å²) in [4.78, 5) is 23.1. The van der Waals surface area contributed by atoms with E-state index in [1.54, 1.807) is 12.1 Å². The van der Waals surface area contributed by atoms with E-state index in [-0.39, 0.29) is 24.4 Å². The molecule has 0 unspecified atom stereocenters. The summed E-state index contributed by atoms with van der Waals surface area (Å²) in [6.07, 6.45) is 0.851. The van der Waals surface area contributed by atoms with E-state index < -0.39 is 0 Å². The van der Waals surface area contributed by atoms with Crippen LogP contribution in [0.15, 0.2) is 18.2 Å². The van der Waals surface area contributed by atoms with Crippen LogP contribution in [-0.4, -0.2) is 18.5 Å². The molecule has 1 aliphatic carbocycles. The van der Waals surface area contributed by atoms with E-state index >= 15 is 0 Å². The van der Waals surface area contributed by atoms with Gasteiger partial charge in [0.15, 0.2) is 6.61 Å². The molecule has 0 bridgehead atoms. The SMILES string of the molecule is Cc1ccc(NC(=O)COC(=O)[C@H]2C[C@H]2C)c(Cl)c1. The summed E-state index contributed by atoms with van der Waals surface area (Å²) < 4.78 is 4.94. The fourth-order valence-electron chi connectivity index (χ4n) is 1.80. The Labute approximate surface area is 117 Å². The fraction of sp³-hybridized carbons (Fsp3) is 0.429. The van der Waals surface area contributed by atoms with Gasteiger partial charge in [-0.15, -0.1) is 0 Å². The van der Waals surface area contributed by atoms with E-state index in [2.05, 4.69) is 5.32 Å². The van der Waals surface area contributed by atoms with E-state index in [1.807, 2.05) is 19.9 Å². The minimum Gasteiger partial charge on any atom is -0.455 e. The number of halogens is 1. The number of nitrogens with one attached hydrogen (secondary N) is 1. The van der Waals surface area contributed by atoms with Gasteiger partial charge in [-0.25, -0.2) is 0 Å². The number of rotatable bonds is 4. The molecule has 0 aromatic heterocycles. The molecule has 1 fully saturated rings. The molecule has 2 atom stereocenters. The van der Waals surface area contributed by atoms with Gasteiger partial charge in [-0.05, 0) is 37.0 Å². The van der Waals surface area contributed by atoms with Crippen LogP contribution in [0.5, 0.6) is 0 Å². The number of ether oxygens (including phenoxy) is 1. The Balaban J connectivity index is 1.82. The third kappa shape index (κ3) is 3.70. The molecule has 0 radical (unpaired) electrons. The van der Waals surface area contributed by atoms with Crippen LogP contribution in [0.25, 0.3) is 0 Å². The van der Waals surface area contributed by atoms with E-state index in [0.717, 1.165) is 12.0 Å². The van der Waals surface area contributed by atoms with Crippen molar-refractivity contribution < 1.29 is 14.3 Å². The van der Waals surface area contributed by atoms with Gasteiger partial charge in [0, 0.05) is 0 Å². The van der Waals surface area contributed by atoms with Gasteiger partial charge in [0.2, 0.25) is 0 Å². The largest absolute Gasteiger partial charge is 0.455 e. The first-order valence-electron chi connectivity index (χ1n) is 6.20. The molecule has 2 rings (SSSR count). The van der Waals surface area contributed by atoms with Gasteiger partial charge in [0.1, 0.15) is 0 Å². The highest BCUT2D eigenvalue weighted by Crippen LogP contribution is 2.38. The molecule has 5 heteroatoms. The minimum absolute atomic E-state index is 0.0317. The summed E-state index contributed by atoms with van der Waals surface area (Å²) in [7, 11) is 0. The Hall–Kier alpha value is -1.55. The topological polar surface area (TPSA) is 55.4 Å². The van der Waals surface area contributed by atoms with E-state index in [0.29, 0.717) is 16.6 Å². The summed E-state index contributed by atoms with van der Waals surface area (Å²) in [5, 5.41) is 3.08. The first kappa shape index (κ1) is 13.9. The number of esters is 1. The van der Waals surface area contributed by atoms with Gasteiger partial charge < -0.3 is 10.1 Å². The summed E-state index contributed by atoms with van der Waals surface area (Å²) in [5.41, 5.74) is 1.53. The Bertz CT molecular complexity index is 515. The van der Waals surface area contributed by atoms with Gasteiger partial charge in [0.25, 0.3) is 5.91 Å². The standard InChI is InChI=1S/C14H16ClNO3/c1-8-3-4-12(11(15)5-8)16-13(17)7-19-14(18)10-6-9(10)2/h3-5,9-10H,6-7H2,1-2H3,(H,16,17)/t9-,10+/m1/s1. The van der Waals surface area contributed by atoms with Crippen LogP contribution in [0.1, 0.15) is 18.9 Å². The number of hydrogen-bond donors (Lipinski definition) is 1. The zero-order chi connectivity index (χ0) is 14.0.